The number of benzene rings is 1. The summed E-state index contributed by atoms with van der Waals surface area (Å²) >= 11 is 0. The van der Waals surface area contributed by atoms with E-state index < -0.39 is 5.97 Å². The molecule has 4 rings (SSSR count). The molecule has 1 aliphatic rings. The highest BCUT2D eigenvalue weighted by Gasteiger charge is 2.17. The van der Waals surface area contributed by atoms with E-state index in [-0.39, 0.29) is 24.0 Å². The molecule has 0 atom stereocenters. The Morgan fingerprint density at radius 3 is 2.96 bits per heavy atom. The van der Waals surface area contributed by atoms with Crippen molar-refractivity contribution in [3.05, 3.63) is 58.0 Å². The van der Waals surface area contributed by atoms with E-state index >= 15 is 0 Å². The van der Waals surface area contributed by atoms with Crippen molar-refractivity contribution in [1.82, 2.24) is 9.55 Å². The predicted molar refractivity (Wildman–Crippen MR) is 97.9 cm³/mol. The number of ether oxygens (including phenoxy) is 2. The highest BCUT2D eigenvalue weighted by molar-refractivity contribution is 5.86. The van der Waals surface area contributed by atoms with Crippen LogP contribution in [0, 0.1) is 0 Å². The molecule has 0 saturated carbocycles. The number of hydrogen-bond acceptors (Lipinski definition) is 6. The highest BCUT2D eigenvalue weighted by Crippen LogP contribution is 2.21. The lowest BCUT2D eigenvalue weighted by Gasteiger charge is -2.08. The van der Waals surface area contributed by atoms with Crippen molar-refractivity contribution in [2.75, 3.05) is 0 Å². The van der Waals surface area contributed by atoms with Gasteiger partial charge in [0.05, 0.1) is 17.0 Å². The lowest BCUT2D eigenvalue weighted by atomic mass is 10.2. The molecular weight excluding hydrogens is 348 g/mol. The summed E-state index contributed by atoms with van der Waals surface area (Å²) in [4.78, 5) is 29.0. The number of carbonyl (C=O) groups excluding carboxylic acids is 1. The quantitative estimate of drug-likeness (QED) is 0.644. The molecular formula is C20H20N2O5. The molecule has 0 aliphatic carbocycles. The standard InChI is InChI=1S/C20H20N2O5/c1-12(2)26-20(24)17-8-6-14(27-17)11-25-13-5-7-16-15(10-13)19(23)22-9-3-4-18(22)21-16/h5-8,10,12H,3-4,9,11H2,1-2H3. The van der Waals surface area contributed by atoms with Gasteiger partial charge in [-0.1, -0.05) is 0 Å². The van der Waals surface area contributed by atoms with Crippen LogP contribution in [-0.4, -0.2) is 21.6 Å². The van der Waals surface area contributed by atoms with Crippen LogP contribution in [0.4, 0.5) is 0 Å². The number of aryl methyl sites for hydroxylation is 1. The molecule has 7 nitrogen and oxygen atoms in total. The van der Waals surface area contributed by atoms with Gasteiger partial charge in [-0.05, 0) is 50.6 Å². The third-order valence-electron chi connectivity index (χ3n) is 4.37. The van der Waals surface area contributed by atoms with E-state index in [0.29, 0.717) is 29.0 Å². The molecule has 0 fully saturated rings. The largest absolute Gasteiger partial charge is 0.486 e. The molecule has 0 amide bonds. The molecule has 0 bridgehead atoms. The number of fused-ring (bicyclic) bond motifs is 2. The van der Waals surface area contributed by atoms with E-state index in [2.05, 4.69) is 4.98 Å². The van der Waals surface area contributed by atoms with Crippen LogP contribution in [0.1, 0.15) is 42.4 Å². The van der Waals surface area contributed by atoms with E-state index in [1.54, 1.807) is 48.7 Å². The van der Waals surface area contributed by atoms with Gasteiger partial charge >= 0.3 is 5.97 Å². The number of esters is 1. The van der Waals surface area contributed by atoms with Crippen LogP contribution in [0.25, 0.3) is 10.9 Å². The SMILES string of the molecule is CC(C)OC(=O)c1ccc(COc2ccc3nc4n(c(=O)c3c2)CCC4)o1. The predicted octanol–water partition coefficient (Wildman–Crippen LogP) is 3.08. The number of nitrogens with zero attached hydrogens (tertiary/aromatic N) is 2. The maximum Gasteiger partial charge on any atom is 0.374 e. The fourth-order valence-corrected chi connectivity index (χ4v) is 3.14. The van der Waals surface area contributed by atoms with Gasteiger partial charge in [-0.25, -0.2) is 9.78 Å². The van der Waals surface area contributed by atoms with Crippen molar-refractivity contribution < 1.29 is 18.7 Å². The Kier molecular flexibility index (Phi) is 4.43. The number of hydrogen-bond donors (Lipinski definition) is 0. The van der Waals surface area contributed by atoms with Crippen molar-refractivity contribution in [3.63, 3.8) is 0 Å². The second-order valence-corrected chi connectivity index (χ2v) is 6.78. The summed E-state index contributed by atoms with van der Waals surface area (Å²) in [6.07, 6.45) is 1.57. The normalized spacial score (nSPS) is 13.1. The van der Waals surface area contributed by atoms with Crippen molar-refractivity contribution in [1.29, 1.82) is 0 Å². The third kappa shape index (κ3) is 3.45. The van der Waals surface area contributed by atoms with E-state index in [4.69, 9.17) is 13.9 Å². The van der Waals surface area contributed by atoms with Gasteiger partial charge in [0.2, 0.25) is 5.76 Å². The Balaban J connectivity index is 1.50. The number of furan rings is 1. The summed E-state index contributed by atoms with van der Waals surface area (Å²) in [7, 11) is 0. The molecule has 0 unspecified atom stereocenters. The maximum atomic E-state index is 12.6. The minimum absolute atomic E-state index is 0.0327. The second-order valence-electron chi connectivity index (χ2n) is 6.78. The first kappa shape index (κ1) is 17.3. The minimum atomic E-state index is -0.505. The molecule has 2 aromatic heterocycles. The zero-order valence-electron chi connectivity index (χ0n) is 15.2. The zero-order chi connectivity index (χ0) is 19.0. The van der Waals surface area contributed by atoms with Crippen LogP contribution in [-0.2, 0) is 24.3 Å². The Labute approximate surface area is 155 Å². The average molecular weight is 368 g/mol. The Morgan fingerprint density at radius 2 is 2.15 bits per heavy atom. The van der Waals surface area contributed by atoms with E-state index in [1.165, 1.54) is 0 Å². The summed E-state index contributed by atoms with van der Waals surface area (Å²) in [5.74, 6) is 1.52. The summed E-state index contributed by atoms with van der Waals surface area (Å²) in [5, 5.41) is 0.541. The van der Waals surface area contributed by atoms with Gasteiger partial charge in [0.25, 0.3) is 5.56 Å². The van der Waals surface area contributed by atoms with Crippen LogP contribution in [0.2, 0.25) is 0 Å². The van der Waals surface area contributed by atoms with Crippen molar-refractivity contribution in [2.24, 2.45) is 0 Å². The topological polar surface area (TPSA) is 83.6 Å². The van der Waals surface area contributed by atoms with E-state index in [0.717, 1.165) is 18.7 Å². The molecule has 1 aliphatic heterocycles. The van der Waals surface area contributed by atoms with Crippen LogP contribution in [0.3, 0.4) is 0 Å². The number of rotatable bonds is 5. The lowest BCUT2D eigenvalue weighted by molar-refractivity contribution is 0.0337. The molecule has 7 heteroatoms. The first-order chi connectivity index (χ1) is 13.0. The number of carbonyl (C=O) groups is 1. The molecule has 3 heterocycles. The van der Waals surface area contributed by atoms with Crippen molar-refractivity contribution in [2.45, 2.75) is 45.9 Å². The Hall–Kier alpha value is -3.09. The maximum absolute atomic E-state index is 12.6. The van der Waals surface area contributed by atoms with Gasteiger partial charge in [0.15, 0.2) is 0 Å². The molecule has 140 valence electrons. The monoisotopic (exact) mass is 368 g/mol. The van der Waals surface area contributed by atoms with E-state index in [9.17, 15) is 9.59 Å². The van der Waals surface area contributed by atoms with Crippen LogP contribution in [0.15, 0.2) is 39.5 Å². The van der Waals surface area contributed by atoms with Crippen LogP contribution in [0.5, 0.6) is 5.75 Å². The third-order valence-corrected chi connectivity index (χ3v) is 4.37. The van der Waals surface area contributed by atoms with Gasteiger partial charge in [-0.15, -0.1) is 0 Å². The molecule has 0 radical (unpaired) electrons. The van der Waals surface area contributed by atoms with Crippen LogP contribution < -0.4 is 10.3 Å². The Morgan fingerprint density at radius 1 is 1.30 bits per heavy atom. The molecule has 1 aromatic carbocycles. The lowest BCUT2D eigenvalue weighted by Crippen LogP contribution is -2.20. The summed E-state index contributed by atoms with van der Waals surface area (Å²) < 4.78 is 18.0. The van der Waals surface area contributed by atoms with Gasteiger partial charge in [0, 0.05) is 13.0 Å². The Bertz CT molecular complexity index is 1060. The van der Waals surface area contributed by atoms with Gasteiger partial charge in [-0.2, -0.15) is 0 Å². The fraction of sp³-hybridized carbons (Fsp3) is 0.350. The summed E-state index contributed by atoms with van der Waals surface area (Å²) in [5.41, 5.74) is 0.645. The average Bonchev–Trinajstić information content (AvgIpc) is 3.29. The summed E-state index contributed by atoms with van der Waals surface area (Å²) in [6, 6.07) is 8.49. The second kappa shape index (κ2) is 6.90. The first-order valence-corrected chi connectivity index (χ1v) is 8.97. The molecule has 3 aromatic rings. The van der Waals surface area contributed by atoms with E-state index in [1.807, 2.05) is 0 Å². The minimum Gasteiger partial charge on any atom is -0.486 e. The summed E-state index contributed by atoms with van der Waals surface area (Å²) in [6.45, 7) is 4.40. The van der Waals surface area contributed by atoms with Crippen molar-refractivity contribution >= 4 is 16.9 Å². The fourth-order valence-electron chi connectivity index (χ4n) is 3.14. The molecule has 27 heavy (non-hydrogen) atoms. The van der Waals surface area contributed by atoms with Gasteiger partial charge in [-0.3, -0.25) is 9.36 Å². The number of aromatic nitrogens is 2. The van der Waals surface area contributed by atoms with Crippen molar-refractivity contribution in [3.8, 4) is 5.75 Å². The molecule has 0 spiro atoms. The zero-order valence-corrected chi connectivity index (χ0v) is 15.2. The van der Waals surface area contributed by atoms with Gasteiger partial charge in [0.1, 0.15) is 23.9 Å². The first-order valence-electron chi connectivity index (χ1n) is 8.97. The highest BCUT2D eigenvalue weighted by atomic mass is 16.6. The van der Waals surface area contributed by atoms with Gasteiger partial charge < -0.3 is 13.9 Å². The molecule has 0 N–H and O–H groups in total. The van der Waals surface area contributed by atoms with Crippen LogP contribution >= 0.6 is 0 Å². The molecule has 0 saturated heterocycles. The smallest absolute Gasteiger partial charge is 0.374 e.